The van der Waals surface area contributed by atoms with E-state index in [9.17, 15) is 9.90 Å². The number of benzene rings is 2. The molecular formula is C23H24O5. The molecule has 0 fully saturated rings. The Morgan fingerprint density at radius 2 is 1.82 bits per heavy atom. The van der Waals surface area contributed by atoms with Gasteiger partial charge in [0.15, 0.2) is 11.5 Å². The van der Waals surface area contributed by atoms with Gasteiger partial charge in [-0.3, -0.25) is 4.79 Å². The molecule has 0 saturated carbocycles. The molecule has 2 aromatic carbocycles. The Morgan fingerprint density at radius 3 is 2.57 bits per heavy atom. The Balaban J connectivity index is 1.95. The van der Waals surface area contributed by atoms with Crippen LogP contribution in [-0.4, -0.2) is 18.3 Å². The van der Waals surface area contributed by atoms with Crippen molar-refractivity contribution in [3.05, 3.63) is 51.9 Å². The van der Waals surface area contributed by atoms with Crippen LogP contribution in [0.3, 0.4) is 0 Å². The third-order valence-electron chi connectivity index (χ3n) is 5.06. The van der Waals surface area contributed by atoms with Gasteiger partial charge in [0.05, 0.1) is 24.2 Å². The van der Waals surface area contributed by atoms with E-state index >= 15 is 0 Å². The first-order chi connectivity index (χ1) is 13.6. The summed E-state index contributed by atoms with van der Waals surface area (Å²) < 4.78 is 17.6. The Bertz CT molecular complexity index is 1080. The second-order valence-electron chi connectivity index (χ2n) is 7.02. The van der Waals surface area contributed by atoms with Crippen molar-refractivity contribution in [3.8, 4) is 28.4 Å². The average Bonchev–Trinajstić information content (AvgIpc) is 2.93. The molecule has 0 amide bonds. The number of hydrogen-bond donors (Lipinski definition) is 1. The molecule has 0 atom stereocenters. The van der Waals surface area contributed by atoms with Crippen LogP contribution < -0.4 is 14.9 Å². The fourth-order valence-corrected chi connectivity index (χ4v) is 3.62. The van der Waals surface area contributed by atoms with E-state index in [1.807, 2.05) is 32.0 Å². The summed E-state index contributed by atoms with van der Waals surface area (Å²) in [6.07, 6.45) is 2.93. The van der Waals surface area contributed by atoms with E-state index < -0.39 is 0 Å². The summed E-state index contributed by atoms with van der Waals surface area (Å²) in [6, 6.07) is 8.87. The molecule has 4 rings (SSSR count). The first kappa shape index (κ1) is 18.4. The summed E-state index contributed by atoms with van der Waals surface area (Å²) in [7, 11) is 0. The number of hydrogen-bond acceptors (Lipinski definition) is 5. The highest BCUT2D eigenvalue weighted by Crippen LogP contribution is 2.36. The minimum absolute atomic E-state index is 0.0890. The molecule has 0 spiro atoms. The van der Waals surface area contributed by atoms with Gasteiger partial charge < -0.3 is 19.0 Å². The molecule has 1 aromatic heterocycles. The van der Waals surface area contributed by atoms with Gasteiger partial charge in [0.1, 0.15) is 17.1 Å². The van der Waals surface area contributed by atoms with Gasteiger partial charge in [0.25, 0.3) is 0 Å². The van der Waals surface area contributed by atoms with E-state index in [0.29, 0.717) is 59.8 Å². The molecule has 3 aromatic rings. The third kappa shape index (κ3) is 3.21. The molecule has 0 radical (unpaired) electrons. The van der Waals surface area contributed by atoms with Crippen molar-refractivity contribution in [3.63, 3.8) is 0 Å². The zero-order valence-electron chi connectivity index (χ0n) is 16.2. The summed E-state index contributed by atoms with van der Waals surface area (Å²) in [6.45, 7) is 5.19. The monoisotopic (exact) mass is 380 g/mol. The standard InChI is InChI=1S/C23H24O5/c1-3-6-19-22(15-7-8-18-21(12-15)27-10-5-9-26-18)23(25)16-11-14(4-2)17(24)13-20(16)28-19/h7-8,11-13,24H,3-6,9-10H2,1-2H3. The zero-order valence-corrected chi connectivity index (χ0v) is 16.2. The molecule has 0 unspecified atom stereocenters. The van der Waals surface area contributed by atoms with Crippen molar-refractivity contribution in [1.29, 1.82) is 0 Å². The predicted molar refractivity (Wildman–Crippen MR) is 109 cm³/mol. The largest absolute Gasteiger partial charge is 0.508 e. The molecule has 1 N–H and O–H groups in total. The highest BCUT2D eigenvalue weighted by Gasteiger charge is 2.20. The van der Waals surface area contributed by atoms with E-state index in [1.165, 1.54) is 0 Å². The topological polar surface area (TPSA) is 68.9 Å². The number of rotatable bonds is 4. The first-order valence-electron chi connectivity index (χ1n) is 9.84. The quantitative estimate of drug-likeness (QED) is 0.701. The lowest BCUT2D eigenvalue weighted by molar-refractivity contribution is 0.297. The van der Waals surface area contributed by atoms with Crippen LogP contribution in [0.25, 0.3) is 22.1 Å². The van der Waals surface area contributed by atoms with Crippen molar-refractivity contribution in [2.75, 3.05) is 13.2 Å². The summed E-state index contributed by atoms with van der Waals surface area (Å²) >= 11 is 0. The number of aryl methyl sites for hydroxylation is 2. The molecular weight excluding hydrogens is 356 g/mol. The van der Waals surface area contributed by atoms with Gasteiger partial charge in [-0.25, -0.2) is 0 Å². The minimum Gasteiger partial charge on any atom is -0.508 e. The fourth-order valence-electron chi connectivity index (χ4n) is 3.62. The summed E-state index contributed by atoms with van der Waals surface area (Å²) in [5.41, 5.74) is 2.37. The lowest BCUT2D eigenvalue weighted by Gasteiger charge is -2.13. The molecule has 0 bridgehead atoms. The van der Waals surface area contributed by atoms with Crippen LogP contribution in [0.1, 0.15) is 38.0 Å². The van der Waals surface area contributed by atoms with E-state index in [2.05, 4.69) is 0 Å². The van der Waals surface area contributed by atoms with Gasteiger partial charge in [-0.15, -0.1) is 0 Å². The minimum atomic E-state index is -0.0890. The van der Waals surface area contributed by atoms with Crippen molar-refractivity contribution in [2.45, 2.75) is 39.5 Å². The summed E-state index contributed by atoms with van der Waals surface area (Å²) in [5.74, 6) is 2.13. The normalized spacial score (nSPS) is 13.5. The van der Waals surface area contributed by atoms with Crippen LogP contribution >= 0.6 is 0 Å². The number of ether oxygens (including phenoxy) is 2. The fraction of sp³-hybridized carbons (Fsp3) is 0.348. The van der Waals surface area contributed by atoms with Crippen LogP contribution in [0.2, 0.25) is 0 Å². The van der Waals surface area contributed by atoms with E-state index in [-0.39, 0.29) is 11.2 Å². The molecule has 5 nitrogen and oxygen atoms in total. The van der Waals surface area contributed by atoms with Crippen LogP contribution in [0.5, 0.6) is 17.2 Å². The van der Waals surface area contributed by atoms with Gasteiger partial charge in [-0.05, 0) is 42.2 Å². The van der Waals surface area contributed by atoms with Crippen molar-refractivity contribution in [1.82, 2.24) is 0 Å². The summed E-state index contributed by atoms with van der Waals surface area (Å²) in [4.78, 5) is 13.4. The van der Waals surface area contributed by atoms with Crippen LogP contribution in [0.15, 0.2) is 39.5 Å². The second kappa shape index (κ2) is 7.58. The number of aromatic hydroxyl groups is 1. The summed E-state index contributed by atoms with van der Waals surface area (Å²) in [5, 5.41) is 10.7. The highest BCUT2D eigenvalue weighted by molar-refractivity contribution is 5.85. The second-order valence-corrected chi connectivity index (χ2v) is 7.02. The zero-order chi connectivity index (χ0) is 19.7. The van der Waals surface area contributed by atoms with Crippen molar-refractivity contribution in [2.24, 2.45) is 0 Å². The smallest absolute Gasteiger partial charge is 0.200 e. The molecule has 28 heavy (non-hydrogen) atoms. The first-order valence-corrected chi connectivity index (χ1v) is 9.84. The Morgan fingerprint density at radius 1 is 1.04 bits per heavy atom. The van der Waals surface area contributed by atoms with Gasteiger partial charge in [0.2, 0.25) is 5.43 Å². The van der Waals surface area contributed by atoms with Crippen LogP contribution in [0.4, 0.5) is 0 Å². The average molecular weight is 380 g/mol. The Labute approximate surface area is 163 Å². The number of phenols is 1. The maximum absolute atomic E-state index is 13.4. The Kier molecular flexibility index (Phi) is 4.99. The molecule has 0 saturated heterocycles. The van der Waals surface area contributed by atoms with Gasteiger partial charge in [-0.1, -0.05) is 19.9 Å². The molecule has 5 heteroatoms. The lowest BCUT2D eigenvalue weighted by Crippen LogP contribution is -2.10. The van der Waals surface area contributed by atoms with Gasteiger partial charge in [-0.2, -0.15) is 0 Å². The van der Waals surface area contributed by atoms with E-state index in [0.717, 1.165) is 24.0 Å². The van der Waals surface area contributed by atoms with Gasteiger partial charge in [0, 0.05) is 18.9 Å². The van der Waals surface area contributed by atoms with Crippen molar-refractivity contribution < 1.29 is 19.0 Å². The number of fused-ring (bicyclic) bond motifs is 2. The Hall–Kier alpha value is -2.95. The molecule has 0 aliphatic carbocycles. The van der Waals surface area contributed by atoms with Crippen LogP contribution in [-0.2, 0) is 12.8 Å². The maximum atomic E-state index is 13.4. The molecule has 1 aliphatic heterocycles. The highest BCUT2D eigenvalue weighted by atomic mass is 16.5. The number of phenolic OH excluding ortho intramolecular Hbond substituents is 1. The predicted octanol–water partition coefficient (Wildman–Crippen LogP) is 4.84. The third-order valence-corrected chi connectivity index (χ3v) is 5.06. The molecule has 1 aliphatic rings. The SMILES string of the molecule is CCCc1oc2cc(O)c(CC)cc2c(=O)c1-c1ccc2c(c1)OCCCO2. The van der Waals surface area contributed by atoms with Crippen molar-refractivity contribution >= 4 is 11.0 Å². The molecule has 2 heterocycles. The maximum Gasteiger partial charge on any atom is 0.200 e. The van der Waals surface area contributed by atoms with E-state index in [1.54, 1.807) is 12.1 Å². The van der Waals surface area contributed by atoms with Gasteiger partial charge >= 0.3 is 0 Å². The van der Waals surface area contributed by atoms with Crippen LogP contribution in [0, 0.1) is 0 Å². The molecule has 146 valence electrons. The van der Waals surface area contributed by atoms with E-state index in [4.69, 9.17) is 13.9 Å². The lowest BCUT2D eigenvalue weighted by atomic mass is 9.98.